The fourth-order valence-corrected chi connectivity index (χ4v) is 4.56. The van der Waals surface area contributed by atoms with Crippen LogP contribution in [0.5, 0.6) is 0 Å². The number of pyridine rings is 1. The second-order valence-electron chi connectivity index (χ2n) is 9.91. The lowest BCUT2D eigenvalue weighted by atomic mass is 9.82. The Morgan fingerprint density at radius 3 is 2.50 bits per heavy atom. The van der Waals surface area contributed by atoms with Crippen LogP contribution in [0.3, 0.4) is 0 Å². The fraction of sp³-hybridized carbons (Fsp3) is 0.609. The van der Waals surface area contributed by atoms with Gasteiger partial charge in [-0.15, -0.1) is 0 Å². The molecule has 2 aliphatic heterocycles. The lowest BCUT2D eigenvalue weighted by Gasteiger charge is -2.39. The molecule has 2 aromatic rings. The Hall–Kier alpha value is -2.58. The van der Waals surface area contributed by atoms with E-state index in [1.807, 2.05) is 43.9 Å². The van der Waals surface area contributed by atoms with Crippen LogP contribution in [-0.4, -0.2) is 50.9 Å². The van der Waals surface area contributed by atoms with Gasteiger partial charge in [-0.05, 0) is 36.8 Å². The van der Waals surface area contributed by atoms with Gasteiger partial charge in [0.05, 0.1) is 12.1 Å². The summed E-state index contributed by atoms with van der Waals surface area (Å²) in [6, 6.07) is 5.34. The highest BCUT2D eigenvalue weighted by Crippen LogP contribution is 2.44. The number of piperidine rings is 1. The number of fused-ring (bicyclic) bond motifs is 1. The van der Waals surface area contributed by atoms with E-state index < -0.39 is 12.2 Å². The van der Waals surface area contributed by atoms with Crippen LogP contribution in [0.2, 0.25) is 0 Å². The number of aromatic nitrogens is 3. The Balaban J connectivity index is 1.45. The number of anilines is 1. The SMILES string of the molecule is CC(C)(C)[C@@H]1C[C@H](C(F)(F)F)n2nc(C3CCN(C(=O)Cc4ccccn4)CC3)cc2N1. The minimum atomic E-state index is -4.36. The van der Waals surface area contributed by atoms with Crippen molar-refractivity contribution in [2.75, 3.05) is 18.4 Å². The van der Waals surface area contributed by atoms with Crippen LogP contribution in [0.1, 0.15) is 63.4 Å². The van der Waals surface area contributed by atoms with Crippen LogP contribution in [0, 0.1) is 5.41 Å². The summed E-state index contributed by atoms with van der Waals surface area (Å²) in [6.45, 7) is 6.98. The number of hydrogen-bond acceptors (Lipinski definition) is 4. The second-order valence-corrected chi connectivity index (χ2v) is 9.91. The number of amides is 1. The molecule has 1 fully saturated rings. The molecule has 0 saturated carbocycles. The minimum absolute atomic E-state index is 0.0260. The van der Waals surface area contributed by atoms with Gasteiger partial charge in [-0.2, -0.15) is 18.3 Å². The molecular formula is C23H30F3N5O. The first-order valence-electron chi connectivity index (χ1n) is 11.1. The summed E-state index contributed by atoms with van der Waals surface area (Å²) < 4.78 is 42.6. The number of rotatable bonds is 3. The zero-order valence-corrected chi connectivity index (χ0v) is 18.7. The largest absolute Gasteiger partial charge is 0.410 e. The van der Waals surface area contributed by atoms with E-state index in [1.54, 1.807) is 12.3 Å². The van der Waals surface area contributed by atoms with E-state index in [2.05, 4.69) is 15.4 Å². The maximum Gasteiger partial charge on any atom is 0.410 e. The van der Waals surface area contributed by atoms with E-state index in [1.165, 1.54) is 0 Å². The number of halogens is 3. The summed E-state index contributed by atoms with van der Waals surface area (Å²) in [7, 11) is 0. The topological polar surface area (TPSA) is 63.1 Å². The van der Waals surface area contributed by atoms with Crippen molar-refractivity contribution in [2.45, 2.75) is 70.6 Å². The zero-order chi connectivity index (χ0) is 23.1. The van der Waals surface area contributed by atoms with Gasteiger partial charge in [0, 0.05) is 43.0 Å². The molecule has 1 N–H and O–H groups in total. The number of nitrogens with zero attached hydrogens (tertiary/aromatic N) is 4. The van der Waals surface area contributed by atoms with Gasteiger partial charge in [-0.1, -0.05) is 26.8 Å². The molecule has 2 aliphatic rings. The normalized spacial score (nSPS) is 22.4. The quantitative estimate of drug-likeness (QED) is 0.746. The first kappa shape index (κ1) is 22.6. The average Bonchev–Trinajstić information content (AvgIpc) is 3.16. The smallest absolute Gasteiger partial charge is 0.367 e. The molecule has 0 radical (unpaired) electrons. The Labute approximate surface area is 186 Å². The van der Waals surface area contributed by atoms with Crippen LogP contribution >= 0.6 is 0 Å². The molecule has 0 bridgehead atoms. The lowest BCUT2D eigenvalue weighted by Crippen LogP contribution is -2.44. The Bertz CT molecular complexity index is 943. The first-order valence-corrected chi connectivity index (χ1v) is 11.1. The van der Waals surface area contributed by atoms with E-state index in [4.69, 9.17) is 0 Å². The third kappa shape index (κ3) is 4.76. The Morgan fingerprint density at radius 2 is 1.91 bits per heavy atom. The van der Waals surface area contributed by atoms with Crippen molar-refractivity contribution in [1.82, 2.24) is 19.7 Å². The highest BCUT2D eigenvalue weighted by Gasteiger charge is 2.48. The number of hydrogen-bond donors (Lipinski definition) is 1. The molecule has 0 spiro atoms. The molecule has 1 saturated heterocycles. The van der Waals surface area contributed by atoms with Gasteiger partial charge in [0.1, 0.15) is 5.82 Å². The van der Waals surface area contributed by atoms with E-state index >= 15 is 0 Å². The molecular weight excluding hydrogens is 419 g/mol. The molecule has 4 rings (SSSR count). The predicted molar refractivity (Wildman–Crippen MR) is 115 cm³/mol. The van der Waals surface area contributed by atoms with Crippen LogP contribution in [0.4, 0.5) is 19.0 Å². The Morgan fingerprint density at radius 1 is 1.19 bits per heavy atom. The van der Waals surface area contributed by atoms with Crippen molar-refractivity contribution < 1.29 is 18.0 Å². The third-order valence-electron chi connectivity index (χ3n) is 6.58. The highest BCUT2D eigenvalue weighted by atomic mass is 19.4. The summed E-state index contributed by atoms with van der Waals surface area (Å²) >= 11 is 0. The standard InChI is InChI=1S/C23H30F3N5O/c1-22(2,3)18-14-19(23(24,25)26)31-20(28-18)13-17(29-31)15-7-10-30(11-8-15)21(32)12-16-6-4-5-9-27-16/h4-6,9,13,15,18-19,28H,7-8,10-12,14H2,1-3H3/t18-,19+/m0/s1. The monoisotopic (exact) mass is 449 g/mol. The summed E-state index contributed by atoms with van der Waals surface area (Å²) in [5.74, 6) is 0.496. The molecule has 9 heteroatoms. The number of alkyl halides is 3. The van der Waals surface area contributed by atoms with Gasteiger partial charge >= 0.3 is 6.18 Å². The van der Waals surface area contributed by atoms with E-state index in [0.717, 1.165) is 10.4 Å². The molecule has 0 aliphatic carbocycles. The maximum atomic E-state index is 13.8. The van der Waals surface area contributed by atoms with Crippen LogP contribution in [0.25, 0.3) is 0 Å². The van der Waals surface area contributed by atoms with Crippen molar-refractivity contribution >= 4 is 11.7 Å². The van der Waals surface area contributed by atoms with Crippen molar-refractivity contribution in [3.05, 3.63) is 41.9 Å². The summed E-state index contributed by atoms with van der Waals surface area (Å²) in [6.07, 6.45) is -1.10. The van der Waals surface area contributed by atoms with E-state index in [0.29, 0.717) is 37.4 Å². The van der Waals surface area contributed by atoms with Gasteiger partial charge in [0.2, 0.25) is 5.91 Å². The molecule has 0 unspecified atom stereocenters. The average molecular weight is 450 g/mol. The van der Waals surface area contributed by atoms with Crippen LogP contribution < -0.4 is 5.32 Å². The molecule has 6 nitrogen and oxygen atoms in total. The molecule has 2 atom stereocenters. The number of carbonyl (C=O) groups excluding carboxylic acids is 1. The number of carbonyl (C=O) groups is 1. The zero-order valence-electron chi connectivity index (χ0n) is 18.7. The first-order chi connectivity index (χ1) is 15.0. The molecule has 0 aromatic carbocycles. The van der Waals surface area contributed by atoms with E-state index in [-0.39, 0.29) is 36.1 Å². The number of nitrogens with one attached hydrogen (secondary N) is 1. The lowest BCUT2D eigenvalue weighted by molar-refractivity contribution is -0.175. The van der Waals surface area contributed by atoms with Crippen molar-refractivity contribution in [2.24, 2.45) is 5.41 Å². The van der Waals surface area contributed by atoms with Gasteiger partial charge in [0.15, 0.2) is 6.04 Å². The molecule has 4 heterocycles. The van der Waals surface area contributed by atoms with Crippen LogP contribution in [-0.2, 0) is 11.2 Å². The Kier molecular flexibility index (Phi) is 5.94. The van der Waals surface area contributed by atoms with Crippen LogP contribution in [0.15, 0.2) is 30.5 Å². The minimum Gasteiger partial charge on any atom is -0.367 e. The van der Waals surface area contributed by atoms with Gasteiger partial charge in [-0.3, -0.25) is 9.78 Å². The molecule has 1 amide bonds. The van der Waals surface area contributed by atoms with Crippen molar-refractivity contribution in [3.63, 3.8) is 0 Å². The van der Waals surface area contributed by atoms with Gasteiger partial charge in [-0.25, -0.2) is 4.68 Å². The molecule has 174 valence electrons. The van der Waals surface area contributed by atoms with Gasteiger partial charge in [0.25, 0.3) is 0 Å². The summed E-state index contributed by atoms with van der Waals surface area (Å²) in [5, 5.41) is 7.68. The fourth-order valence-electron chi connectivity index (χ4n) is 4.56. The van der Waals surface area contributed by atoms with Crippen molar-refractivity contribution in [1.29, 1.82) is 0 Å². The number of likely N-dealkylation sites (tertiary alicyclic amines) is 1. The maximum absolute atomic E-state index is 13.8. The highest BCUT2D eigenvalue weighted by molar-refractivity contribution is 5.78. The summed E-state index contributed by atoms with van der Waals surface area (Å²) in [4.78, 5) is 18.6. The molecule has 32 heavy (non-hydrogen) atoms. The predicted octanol–water partition coefficient (Wildman–Crippen LogP) is 4.56. The van der Waals surface area contributed by atoms with E-state index in [9.17, 15) is 18.0 Å². The summed E-state index contributed by atoms with van der Waals surface area (Å²) in [5.41, 5.74) is 1.10. The van der Waals surface area contributed by atoms with Crippen molar-refractivity contribution in [3.8, 4) is 0 Å². The van der Waals surface area contributed by atoms with Gasteiger partial charge < -0.3 is 10.2 Å². The third-order valence-corrected chi connectivity index (χ3v) is 6.58. The second kappa shape index (κ2) is 8.41. The molecule has 2 aromatic heterocycles.